The number of sulfonamides is 1. The highest BCUT2D eigenvalue weighted by Gasteiger charge is 2.29. The standard InChI is InChI=1S/C14H18N2O5S/c1-15-12-10-11(2-3-13(12)21-7-4-14(15)17)22(18,19)16-5-8-20-9-6-16/h2-3,10H,4-9H2,1H3. The highest BCUT2D eigenvalue weighted by atomic mass is 32.2. The van der Waals surface area contributed by atoms with Crippen LogP contribution in [0.3, 0.4) is 0 Å². The summed E-state index contributed by atoms with van der Waals surface area (Å²) in [5.41, 5.74) is 0.483. The summed E-state index contributed by atoms with van der Waals surface area (Å²) < 4.78 is 37.4. The van der Waals surface area contributed by atoms with Crippen LogP contribution in [0.1, 0.15) is 6.42 Å². The lowest BCUT2D eigenvalue weighted by atomic mass is 10.2. The predicted octanol–water partition coefficient (Wildman–Crippen LogP) is 0.453. The molecule has 2 heterocycles. The van der Waals surface area contributed by atoms with Crippen molar-refractivity contribution in [2.75, 3.05) is 44.9 Å². The van der Waals surface area contributed by atoms with Crippen LogP contribution >= 0.6 is 0 Å². The Labute approximate surface area is 129 Å². The first-order valence-electron chi connectivity index (χ1n) is 7.11. The van der Waals surface area contributed by atoms with E-state index >= 15 is 0 Å². The van der Waals surface area contributed by atoms with Crippen LogP contribution in [0, 0.1) is 0 Å². The van der Waals surface area contributed by atoms with Crippen LogP contribution in [0.15, 0.2) is 23.1 Å². The van der Waals surface area contributed by atoms with Gasteiger partial charge in [-0.2, -0.15) is 4.31 Å². The summed E-state index contributed by atoms with van der Waals surface area (Å²) in [5.74, 6) is 0.425. The van der Waals surface area contributed by atoms with Gasteiger partial charge < -0.3 is 14.4 Å². The van der Waals surface area contributed by atoms with Crippen molar-refractivity contribution in [3.63, 3.8) is 0 Å². The molecule has 1 fully saturated rings. The number of fused-ring (bicyclic) bond motifs is 1. The Hall–Kier alpha value is -1.64. The minimum absolute atomic E-state index is 0.0975. The topological polar surface area (TPSA) is 76.2 Å². The molecule has 0 atom stereocenters. The fourth-order valence-electron chi connectivity index (χ4n) is 2.53. The fourth-order valence-corrected chi connectivity index (χ4v) is 3.96. The van der Waals surface area contributed by atoms with Gasteiger partial charge in [0.1, 0.15) is 5.75 Å². The van der Waals surface area contributed by atoms with E-state index in [-0.39, 0.29) is 17.2 Å². The summed E-state index contributed by atoms with van der Waals surface area (Å²) in [5, 5.41) is 0. The van der Waals surface area contributed by atoms with Gasteiger partial charge in [-0.25, -0.2) is 8.42 Å². The number of hydrogen-bond donors (Lipinski definition) is 0. The first-order valence-corrected chi connectivity index (χ1v) is 8.55. The summed E-state index contributed by atoms with van der Waals surface area (Å²) >= 11 is 0. The van der Waals surface area contributed by atoms with Gasteiger partial charge in [0.15, 0.2) is 0 Å². The molecule has 120 valence electrons. The molecule has 2 aliphatic heterocycles. The zero-order valence-corrected chi connectivity index (χ0v) is 13.1. The first kappa shape index (κ1) is 15.3. The molecule has 0 radical (unpaired) electrons. The molecule has 0 aromatic heterocycles. The Kier molecular flexibility index (Phi) is 4.07. The molecule has 0 N–H and O–H groups in total. The zero-order valence-electron chi connectivity index (χ0n) is 12.3. The second-order valence-corrected chi connectivity index (χ2v) is 7.14. The molecule has 2 aliphatic rings. The highest BCUT2D eigenvalue weighted by Crippen LogP contribution is 2.33. The van der Waals surface area contributed by atoms with Gasteiger partial charge in [-0.3, -0.25) is 4.79 Å². The van der Waals surface area contributed by atoms with Crippen molar-refractivity contribution in [1.29, 1.82) is 0 Å². The molecule has 8 heteroatoms. The van der Waals surface area contributed by atoms with Gasteiger partial charge in [0.2, 0.25) is 15.9 Å². The van der Waals surface area contributed by atoms with Crippen molar-refractivity contribution in [2.24, 2.45) is 0 Å². The van der Waals surface area contributed by atoms with E-state index in [1.54, 1.807) is 13.1 Å². The van der Waals surface area contributed by atoms with E-state index in [4.69, 9.17) is 9.47 Å². The predicted molar refractivity (Wildman–Crippen MR) is 79.5 cm³/mol. The Morgan fingerprint density at radius 1 is 1.14 bits per heavy atom. The summed E-state index contributed by atoms with van der Waals surface area (Å²) in [7, 11) is -1.96. The van der Waals surface area contributed by atoms with Gasteiger partial charge in [-0.05, 0) is 18.2 Å². The molecule has 1 aromatic carbocycles. The number of benzene rings is 1. The van der Waals surface area contributed by atoms with Gasteiger partial charge in [0.05, 0.1) is 36.8 Å². The second kappa shape index (κ2) is 5.86. The van der Waals surface area contributed by atoms with Crippen LogP contribution in [0.2, 0.25) is 0 Å². The van der Waals surface area contributed by atoms with Crippen LogP contribution < -0.4 is 9.64 Å². The third kappa shape index (κ3) is 2.69. The third-order valence-electron chi connectivity index (χ3n) is 3.85. The number of rotatable bonds is 2. The lowest BCUT2D eigenvalue weighted by Crippen LogP contribution is -2.40. The number of ether oxygens (including phenoxy) is 2. The Morgan fingerprint density at radius 2 is 1.86 bits per heavy atom. The average molecular weight is 326 g/mol. The molecule has 0 bridgehead atoms. The van der Waals surface area contributed by atoms with Gasteiger partial charge >= 0.3 is 0 Å². The molecular weight excluding hydrogens is 308 g/mol. The van der Waals surface area contributed by atoms with E-state index in [1.165, 1.54) is 21.3 Å². The first-order chi connectivity index (χ1) is 10.5. The molecule has 22 heavy (non-hydrogen) atoms. The van der Waals surface area contributed by atoms with Crippen LogP contribution in [0.25, 0.3) is 0 Å². The number of hydrogen-bond acceptors (Lipinski definition) is 5. The van der Waals surface area contributed by atoms with E-state index < -0.39 is 10.0 Å². The Balaban J connectivity index is 1.99. The van der Waals surface area contributed by atoms with E-state index in [9.17, 15) is 13.2 Å². The van der Waals surface area contributed by atoms with Crippen molar-refractivity contribution in [2.45, 2.75) is 11.3 Å². The Bertz CT molecular complexity index is 682. The van der Waals surface area contributed by atoms with E-state index in [0.717, 1.165) is 0 Å². The molecule has 0 spiro atoms. The lowest BCUT2D eigenvalue weighted by molar-refractivity contribution is -0.118. The maximum Gasteiger partial charge on any atom is 0.243 e. The SMILES string of the molecule is CN1C(=O)CCOc2ccc(S(=O)(=O)N3CCOCC3)cc21. The van der Waals surface area contributed by atoms with Gasteiger partial charge in [-0.1, -0.05) is 0 Å². The minimum Gasteiger partial charge on any atom is -0.491 e. The summed E-state index contributed by atoms with van der Waals surface area (Å²) in [6.45, 7) is 1.76. The number of morpholine rings is 1. The van der Waals surface area contributed by atoms with Gasteiger partial charge in [-0.15, -0.1) is 0 Å². The smallest absolute Gasteiger partial charge is 0.243 e. The molecular formula is C14H18N2O5S. The quantitative estimate of drug-likeness (QED) is 0.789. The third-order valence-corrected chi connectivity index (χ3v) is 5.74. The number of carbonyl (C=O) groups is 1. The second-order valence-electron chi connectivity index (χ2n) is 5.20. The normalized spacial score (nSPS) is 20.2. The van der Waals surface area contributed by atoms with Crippen molar-refractivity contribution in [3.8, 4) is 5.75 Å². The summed E-state index contributed by atoms with van der Waals surface area (Å²) in [4.78, 5) is 13.5. The van der Waals surface area contributed by atoms with Crippen LogP contribution in [0.4, 0.5) is 5.69 Å². The number of amides is 1. The van der Waals surface area contributed by atoms with Crippen molar-refractivity contribution in [1.82, 2.24) is 4.31 Å². The van der Waals surface area contributed by atoms with Crippen molar-refractivity contribution in [3.05, 3.63) is 18.2 Å². The minimum atomic E-state index is -3.59. The van der Waals surface area contributed by atoms with Crippen LogP contribution in [-0.4, -0.2) is 58.6 Å². The van der Waals surface area contributed by atoms with Gasteiger partial charge in [0, 0.05) is 20.1 Å². The average Bonchev–Trinajstić information content (AvgIpc) is 2.68. The molecule has 1 saturated heterocycles. The molecule has 0 saturated carbocycles. The van der Waals surface area contributed by atoms with E-state index in [1.807, 2.05) is 0 Å². The fraction of sp³-hybridized carbons (Fsp3) is 0.500. The molecule has 3 rings (SSSR count). The number of carbonyl (C=O) groups excluding carboxylic acids is 1. The summed E-state index contributed by atoms with van der Waals surface area (Å²) in [6.07, 6.45) is 0.275. The largest absolute Gasteiger partial charge is 0.491 e. The maximum atomic E-state index is 12.7. The summed E-state index contributed by atoms with van der Waals surface area (Å²) in [6, 6.07) is 4.63. The molecule has 7 nitrogen and oxygen atoms in total. The number of nitrogens with zero attached hydrogens (tertiary/aromatic N) is 2. The molecule has 1 aromatic rings. The van der Waals surface area contributed by atoms with Crippen molar-refractivity contribution >= 4 is 21.6 Å². The molecule has 1 amide bonds. The Morgan fingerprint density at radius 3 is 2.59 bits per heavy atom. The van der Waals surface area contributed by atoms with Crippen molar-refractivity contribution < 1.29 is 22.7 Å². The monoisotopic (exact) mass is 326 g/mol. The maximum absolute atomic E-state index is 12.7. The van der Waals surface area contributed by atoms with Crippen LogP contribution in [0.5, 0.6) is 5.75 Å². The molecule has 0 unspecified atom stereocenters. The van der Waals surface area contributed by atoms with Gasteiger partial charge in [0.25, 0.3) is 0 Å². The highest BCUT2D eigenvalue weighted by molar-refractivity contribution is 7.89. The zero-order chi connectivity index (χ0) is 15.7. The lowest BCUT2D eigenvalue weighted by Gasteiger charge is -2.26. The number of anilines is 1. The van der Waals surface area contributed by atoms with Crippen LogP contribution in [-0.2, 0) is 19.6 Å². The van der Waals surface area contributed by atoms with E-state index in [0.29, 0.717) is 44.3 Å². The molecule has 0 aliphatic carbocycles. The van der Waals surface area contributed by atoms with E-state index in [2.05, 4.69) is 0 Å².